The third-order valence-electron chi connectivity index (χ3n) is 5.32. The van der Waals surface area contributed by atoms with E-state index < -0.39 is 28.3 Å². The first-order valence-corrected chi connectivity index (χ1v) is 8.10. The molecule has 1 fully saturated rings. The van der Waals surface area contributed by atoms with E-state index in [2.05, 4.69) is 5.32 Å². The van der Waals surface area contributed by atoms with Gasteiger partial charge in [-0.15, -0.1) is 0 Å². The van der Waals surface area contributed by atoms with Crippen LogP contribution in [0.4, 0.5) is 11.4 Å². The number of carbonyl (C=O) groups is 2. The van der Waals surface area contributed by atoms with Gasteiger partial charge < -0.3 is 25.0 Å². The number of amides is 1. The average Bonchev–Trinajstić information content (AvgIpc) is 2.59. The number of nitro benzene ring substituents is 1. The molecule has 0 bridgehead atoms. The van der Waals surface area contributed by atoms with Crippen molar-refractivity contribution in [1.29, 1.82) is 0 Å². The van der Waals surface area contributed by atoms with Gasteiger partial charge in [-0.1, -0.05) is 0 Å². The van der Waals surface area contributed by atoms with E-state index >= 15 is 0 Å². The Bertz CT molecular complexity index is 752. The van der Waals surface area contributed by atoms with E-state index in [-0.39, 0.29) is 12.1 Å². The molecule has 25 heavy (non-hydrogen) atoms. The fraction of sp³-hybridized carbons (Fsp3) is 0.500. The van der Waals surface area contributed by atoms with Crippen molar-refractivity contribution in [2.75, 3.05) is 38.6 Å². The maximum Gasteiger partial charge on any atom is 0.269 e. The standard InChI is InChI=1S/C16H20N4O5/c1-17-14(21)16(15(22)23)8-10-7-11(20(24)25)3-4-12(10)19-6-5-18(2)9-13(16)19/h3-4,7,13H,5-6,8-9H2,1-2H3,(H,17,21)(H,22,23)/t13-,16+/m1/s1. The van der Waals surface area contributed by atoms with E-state index in [9.17, 15) is 24.8 Å². The summed E-state index contributed by atoms with van der Waals surface area (Å²) in [6.45, 7) is 1.81. The minimum atomic E-state index is -1.78. The van der Waals surface area contributed by atoms with E-state index in [1.807, 2.05) is 11.9 Å². The molecule has 3 rings (SSSR count). The molecular formula is C16H20N4O5. The molecule has 0 spiro atoms. The third kappa shape index (κ3) is 2.51. The van der Waals surface area contributed by atoms with Crippen LogP contribution in [-0.4, -0.2) is 56.6 Å². The normalized spacial score (nSPS) is 27.8. The van der Waals surface area contributed by atoms with Gasteiger partial charge in [0.15, 0.2) is 0 Å². The zero-order valence-electron chi connectivity index (χ0n) is 14.1. The summed E-state index contributed by atoms with van der Waals surface area (Å²) in [5.74, 6) is -2.08. The first kappa shape index (κ1) is 17.2. The maximum absolute atomic E-state index is 12.6. The highest BCUT2D eigenvalue weighted by atomic mass is 16.6. The van der Waals surface area contributed by atoms with Crippen LogP contribution in [0.1, 0.15) is 5.56 Å². The van der Waals surface area contributed by atoms with Gasteiger partial charge >= 0.3 is 0 Å². The van der Waals surface area contributed by atoms with Crippen molar-refractivity contribution < 1.29 is 24.5 Å². The van der Waals surface area contributed by atoms with Gasteiger partial charge in [0, 0.05) is 24.9 Å². The molecular weight excluding hydrogens is 328 g/mol. The number of nitrogens with zero attached hydrogens (tertiary/aromatic N) is 2. The molecule has 1 amide bonds. The topological polar surface area (TPSA) is 120 Å². The minimum Gasteiger partial charge on any atom is -0.549 e. The first-order valence-electron chi connectivity index (χ1n) is 8.10. The second kappa shape index (κ2) is 5.99. The Morgan fingerprint density at radius 1 is 1.44 bits per heavy atom. The summed E-state index contributed by atoms with van der Waals surface area (Å²) in [6, 6.07) is 3.84. The monoisotopic (exact) mass is 348 g/mol. The number of carboxylic acids is 1. The van der Waals surface area contributed by atoms with Gasteiger partial charge in [0.1, 0.15) is 5.41 Å². The van der Waals surface area contributed by atoms with E-state index in [1.54, 1.807) is 6.07 Å². The van der Waals surface area contributed by atoms with E-state index in [1.165, 1.54) is 19.2 Å². The number of nitro groups is 1. The van der Waals surface area contributed by atoms with E-state index in [0.717, 1.165) is 17.1 Å². The van der Waals surface area contributed by atoms with E-state index in [4.69, 9.17) is 0 Å². The number of nitrogens with one attached hydrogen (secondary N) is 2. The molecule has 134 valence electrons. The van der Waals surface area contributed by atoms with Crippen LogP contribution in [0.25, 0.3) is 0 Å². The number of benzene rings is 1. The first-order chi connectivity index (χ1) is 11.8. The Kier molecular flexibility index (Phi) is 4.11. The van der Waals surface area contributed by atoms with Crippen LogP contribution in [0.5, 0.6) is 0 Å². The van der Waals surface area contributed by atoms with Crippen LogP contribution in [-0.2, 0) is 16.0 Å². The lowest BCUT2D eigenvalue weighted by Gasteiger charge is -2.52. The summed E-state index contributed by atoms with van der Waals surface area (Å²) in [7, 11) is 3.34. The van der Waals surface area contributed by atoms with Crippen molar-refractivity contribution in [3.63, 3.8) is 0 Å². The van der Waals surface area contributed by atoms with Gasteiger partial charge in [-0.2, -0.15) is 0 Å². The summed E-state index contributed by atoms with van der Waals surface area (Å²) < 4.78 is 0. The van der Waals surface area contributed by atoms with Crippen molar-refractivity contribution in [1.82, 2.24) is 5.32 Å². The van der Waals surface area contributed by atoms with Crippen LogP contribution in [0.15, 0.2) is 18.2 Å². The zero-order chi connectivity index (χ0) is 18.4. The van der Waals surface area contributed by atoms with Crippen LogP contribution in [0.2, 0.25) is 0 Å². The molecule has 2 aliphatic rings. The molecule has 3 atom stereocenters. The number of carboxylic acid groups (broad SMARTS) is 1. The lowest BCUT2D eigenvalue weighted by atomic mass is 9.69. The number of rotatable bonds is 3. The Morgan fingerprint density at radius 3 is 2.76 bits per heavy atom. The number of piperazine rings is 1. The summed E-state index contributed by atoms with van der Waals surface area (Å²) in [5, 5.41) is 25.6. The molecule has 2 heterocycles. The fourth-order valence-electron chi connectivity index (χ4n) is 4.02. The van der Waals surface area contributed by atoms with Gasteiger partial charge in [0.2, 0.25) is 5.91 Å². The second-order valence-corrected chi connectivity index (χ2v) is 6.71. The molecule has 2 aliphatic heterocycles. The molecule has 1 unspecified atom stereocenters. The predicted molar refractivity (Wildman–Crippen MR) is 86.1 cm³/mol. The minimum absolute atomic E-state index is 0.124. The van der Waals surface area contributed by atoms with Crippen molar-refractivity contribution in [2.45, 2.75) is 12.5 Å². The summed E-state index contributed by atoms with van der Waals surface area (Å²) in [4.78, 5) is 38.3. The molecule has 0 aromatic heterocycles. The summed E-state index contributed by atoms with van der Waals surface area (Å²) in [5.41, 5.74) is -0.665. The SMILES string of the molecule is CNC(=O)[C@]1(C(=O)[O-])Cc2cc([N+](=O)[O-])ccc2N2CC[NH+](C)C[C@@H]21. The Morgan fingerprint density at radius 2 is 2.16 bits per heavy atom. The van der Waals surface area contributed by atoms with Crippen molar-refractivity contribution >= 4 is 23.3 Å². The highest BCUT2D eigenvalue weighted by Crippen LogP contribution is 2.42. The van der Waals surface area contributed by atoms with Gasteiger partial charge in [-0.3, -0.25) is 14.9 Å². The fourth-order valence-corrected chi connectivity index (χ4v) is 4.02. The number of non-ortho nitro benzene ring substituents is 1. The number of quaternary nitrogens is 1. The molecule has 2 N–H and O–H groups in total. The number of likely N-dealkylation sites (N-methyl/N-ethyl adjacent to an activating group) is 1. The number of aliphatic carboxylic acids is 1. The molecule has 9 heteroatoms. The summed E-state index contributed by atoms with van der Waals surface area (Å²) in [6.07, 6.45) is -0.125. The molecule has 0 aliphatic carbocycles. The Hall–Kier alpha value is -2.68. The molecule has 9 nitrogen and oxygen atoms in total. The largest absolute Gasteiger partial charge is 0.549 e. The van der Waals surface area contributed by atoms with Crippen LogP contribution in [0.3, 0.4) is 0 Å². The Balaban J connectivity index is 2.19. The number of carbonyl (C=O) groups excluding carboxylic acids is 2. The quantitative estimate of drug-likeness (QED) is 0.349. The number of hydrogen-bond donors (Lipinski definition) is 2. The maximum atomic E-state index is 12.6. The van der Waals surface area contributed by atoms with Gasteiger partial charge in [-0.05, 0) is 18.1 Å². The molecule has 0 saturated carbocycles. The van der Waals surface area contributed by atoms with E-state index in [0.29, 0.717) is 18.7 Å². The zero-order valence-corrected chi connectivity index (χ0v) is 14.1. The highest BCUT2D eigenvalue weighted by molar-refractivity contribution is 6.03. The van der Waals surface area contributed by atoms with Crippen LogP contribution >= 0.6 is 0 Å². The van der Waals surface area contributed by atoms with Gasteiger partial charge in [-0.25, -0.2) is 0 Å². The smallest absolute Gasteiger partial charge is 0.269 e. The number of fused-ring (bicyclic) bond motifs is 3. The lowest BCUT2D eigenvalue weighted by Crippen LogP contribution is -3.13. The highest BCUT2D eigenvalue weighted by Gasteiger charge is 2.55. The summed E-state index contributed by atoms with van der Waals surface area (Å²) >= 11 is 0. The average molecular weight is 348 g/mol. The third-order valence-corrected chi connectivity index (χ3v) is 5.32. The number of hydrogen-bond acceptors (Lipinski definition) is 6. The number of anilines is 1. The van der Waals surface area contributed by atoms with Gasteiger partial charge in [0.25, 0.3) is 5.69 Å². The van der Waals surface area contributed by atoms with Crippen molar-refractivity contribution in [3.8, 4) is 0 Å². The van der Waals surface area contributed by atoms with Crippen LogP contribution < -0.4 is 20.2 Å². The Labute approximate surface area is 144 Å². The molecule has 1 saturated heterocycles. The van der Waals surface area contributed by atoms with Crippen molar-refractivity contribution in [2.24, 2.45) is 5.41 Å². The second-order valence-electron chi connectivity index (χ2n) is 6.71. The van der Waals surface area contributed by atoms with Gasteiger partial charge in [0.05, 0.1) is 43.6 Å². The molecule has 1 aromatic rings. The molecule has 0 radical (unpaired) electrons. The van der Waals surface area contributed by atoms with Crippen molar-refractivity contribution in [3.05, 3.63) is 33.9 Å². The van der Waals surface area contributed by atoms with Crippen LogP contribution in [0, 0.1) is 15.5 Å². The molecule has 1 aromatic carbocycles. The lowest BCUT2D eigenvalue weighted by molar-refractivity contribution is -0.883. The predicted octanol–water partition coefficient (Wildman–Crippen LogP) is -2.66.